The van der Waals surface area contributed by atoms with Gasteiger partial charge in [0.2, 0.25) is 11.0 Å². The number of hydrogen-bond acceptors (Lipinski definition) is 7. The molecule has 0 saturated heterocycles. The van der Waals surface area contributed by atoms with Crippen LogP contribution < -0.4 is 14.4 Å². The molecule has 0 saturated carbocycles. The molecule has 0 radical (unpaired) electrons. The van der Waals surface area contributed by atoms with E-state index in [0.29, 0.717) is 15.8 Å². The molecule has 8 nitrogen and oxygen atoms in total. The van der Waals surface area contributed by atoms with Gasteiger partial charge in [-0.3, -0.25) is 14.4 Å². The van der Waals surface area contributed by atoms with Crippen molar-refractivity contribution in [3.8, 4) is 16.3 Å². The van der Waals surface area contributed by atoms with Crippen molar-refractivity contribution in [1.82, 2.24) is 10.2 Å². The first-order valence-electron chi connectivity index (χ1n) is 10.4. The monoisotopic (exact) mass is 528 g/mol. The Kier molecular flexibility index (Phi) is 7.34. The Bertz CT molecular complexity index is 1440. The number of anilines is 2. The summed E-state index contributed by atoms with van der Waals surface area (Å²) < 4.78 is 33.0. The Morgan fingerprint density at radius 1 is 1.06 bits per heavy atom. The summed E-state index contributed by atoms with van der Waals surface area (Å²) in [5.41, 5.74) is 1.87. The van der Waals surface area contributed by atoms with Crippen molar-refractivity contribution in [2.45, 2.75) is 11.8 Å². The van der Waals surface area contributed by atoms with Gasteiger partial charge in [0.25, 0.3) is 10.0 Å². The highest BCUT2D eigenvalue weighted by Gasteiger charge is 2.28. The number of rotatable bonds is 8. The predicted molar refractivity (Wildman–Crippen MR) is 138 cm³/mol. The summed E-state index contributed by atoms with van der Waals surface area (Å²) in [6.07, 6.45) is 0. The molecule has 0 aliphatic rings. The number of nitrogens with one attached hydrogen (secondary N) is 1. The molecule has 4 rings (SSSR count). The number of aryl methyl sites for hydroxylation is 1. The number of ether oxygens (including phenoxy) is 1. The molecule has 35 heavy (non-hydrogen) atoms. The summed E-state index contributed by atoms with van der Waals surface area (Å²) in [5.74, 6) is 0.140. The number of carbonyl (C=O) groups excluding carboxylic acids is 1. The molecular weight excluding hydrogens is 508 g/mol. The van der Waals surface area contributed by atoms with Crippen molar-refractivity contribution >= 4 is 49.7 Å². The van der Waals surface area contributed by atoms with Gasteiger partial charge in [0.15, 0.2) is 0 Å². The maximum Gasteiger partial charge on any atom is 0.264 e. The largest absolute Gasteiger partial charge is 0.497 e. The van der Waals surface area contributed by atoms with Gasteiger partial charge in [-0.25, -0.2) is 8.42 Å². The van der Waals surface area contributed by atoms with E-state index in [1.165, 1.54) is 29.5 Å². The molecule has 0 atom stereocenters. The lowest BCUT2D eigenvalue weighted by Crippen LogP contribution is -2.38. The molecule has 1 amide bonds. The summed E-state index contributed by atoms with van der Waals surface area (Å²) >= 11 is 7.43. The Hall–Kier alpha value is -3.47. The smallest absolute Gasteiger partial charge is 0.264 e. The maximum atomic E-state index is 13.4. The molecule has 180 valence electrons. The first kappa shape index (κ1) is 24.6. The minimum absolute atomic E-state index is 0.0576. The topological polar surface area (TPSA) is 101 Å². The van der Waals surface area contributed by atoms with Gasteiger partial charge in [0.1, 0.15) is 17.3 Å². The zero-order valence-corrected chi connectivity index (χ0v) is 21.2. The lowest BCUT2D eigenvalue weighted by Gasteiger charge is -2.24. The molecule has 0 aliphatic heterocycles. The van der Waals surface area contributed by atoms with Crippen molar-refractivity contribution in [1.29, 1.82) is 0 Å². The van der Waals surface area contributed by atoms with Crippen LogP contribution in [-0.4, -0.2) is 38.2 Å². The summed E-state index contributed by atoms with van der Waals surface area (Å²) in [7, 11) is -2.46. The molecule has 4 aromatic rings. The number of carbonyl (C=O) groups is 1. The van der Waals surface area contributed by atoms with E-state index in [1.807, 2.05) is 19.1 Å². The lowest BCUT2D eigenvalue weighted by atomic mass is 10.2. The number of aromatic nitrogens is 2. The van der Waals surface area contributed by atoms with Gasteiger partial charge in [0.05, 0.1) is 17.7 Å². The average molecular weight is 529 g/mol. The predicted octanol–water partition coefficient (Wildman–Crippen LogP) is 5.01. The number of benzene rings is 3. The van der Waals surface area contributed by atoms with E-state index in [4.69, 9.17) is 16.3 Å². The Labute approximate surface area is 212 Å². The van der Waals surface area contributed by atoms with E-state index in [1.54, 1.807) is 49.6 Å². The number of amides is 1. The van der Waals surface area contributed by atoms with Gasteiger partial charge in [0, 0.05) is 10.6 Å². The third-order valence-electron chi connectivity index (χ3n) is 5.07. The zero-order valence-electron chi connectivity index (χ0n) is 18.8. The van der Waals surface area contributed by atoms with Crippen molar-refractivity contribution < 1.29 is 17.9 Å². The fourth-order valence-electron chi connectivity index (χ4n) is 3.18. The van der Waals surface area contributed by atoms with Crippen molar-refractivity contribution in [3.63, 3.8) is 0 Å². The first-order valence-corrected chi connectivity index (χ1v) is 13.0. The third kappa shape index (κ3) is 5.61. The second-order valence-corrected chi connectivity index (χ2v) is 10.7. The summed E-state index contributed by atoms with van der Waals surface area (Å²) in [6, 6.07) is 20.0. The molecule has 0 aliphatic carbocycles. The van der Waals surface area contributed by atoms with E-state index in [9.17, 15) is 13.2 Å². The number of sulfonamides is 1. The van der Waals surface area contributed by atoms with Crippen LogP contribution in [0.4, 0.5) is 10.8 Å². The minimum Gasteiger partial charge on any atom is -0.497 e. The van der Waals surface area contributed by atoms with Crippen LogP contribution in [0.3, 0.4) is 0 Å². The number of nitrogens with zero attached hydrogens (tertiary/aromatic N) is 3. The molecule has 1 aromatic heterocycles. The van der Waals surface area contributed by atoms with Crippen molar-refractivity contribution in [2.75, 3.05) is 23.3 Å². The van der Waals surface area contributed by atoms with Crippen LogP contribution in [-0.2, 0) is 14.8 Å². The van der Waals surface area contributed by atoms with Gasteiger partial charge in [-0.1, -0.05) is 47.2 Å². The molecule has 0 spiro atoms. The molecule has 0 fully saturated rings. The molecular formula is C24H21ClN4O4S2. The average Bonchev–Trinajstić information content (AvgIpc) is 3.33. The normalized spacial score (nSPS) is 11.2. The van der Waals surface area contributed by atoms with E-state index in [-0.39, 0.29) is 15.7 Å². The number of hydrogen-bond donors (Lipinski definition) is 1. The van der Waals surface area contributed by atoms with Crippen LogP contribution in [0.15, 0.2) is 77.7 Å². The second-order valence-electron chi connectivity index (χ2n) is 7.45. The van der Waals surface area contributed by atoms with Gasteiger partial charge in [-0.2, -0.15) is 0 Å². The molecule has 1 N–H and O–H groups in total. The van der Waals surface area contributed by atoms with Crippen molar-refractivity contribution in [3.05, 3.63) is 83.4 Å². The van der Waals surface area contributed by atoms with Gasteiger partial charge < -0.3 is 4.74 Å². The fraction of sp³-hybridized carbons (Fsp3) is 0.125. The van der Waals surface area contributed by atoms with Crippen LogP contribution in [0.25, 0.3) is 10.6 Å². The molecule has 11 heteroatoms. The van der Waals surface area contributed by atoms with Crippen LogP contribution in [0, 0.1) is 6.92 Å². The third-order valence-corrected chi connectivity index (χ3v) is 8.15. The highest BCUT2D eigenvalue weighted by molar-refractivity contribution is 7.92. The van der Waals surface area contributed by atoms with E-state index in [0.717, 1.165) is 15.4 Å². The van der Waals surface area contributed by atoms with E-state index < -0.39 is 22.5 Å². The van der Waals surface area contributed by atoms with E-state index in [2.05, 4.69) is 15.5 Å². The van der Waals surface area contributed by atoms with Gasteiger partial charge >= 0.3 is 0 Å². The number of halogens is 1. The Morgan fingerprint density at radius 2 is 1.77 bits per heavy atom. The second kappa shape index (κ2) is 10.4. The quantitative estimate of drug-likeness (QED) is 0.345. The highest BCUT2D eigenvalue weighted by Crippen LogP contribution is 2.30. The van der Waals surface area contributed by atoms with Crippen LogP contribution in [0.1, 0.15) is 5.56 Å². The zero-order chi connectivity index (χ0) is 25.0. The fourth-order valence-corrected chi connectivity index (χ4v) is 5.56. The molecule has 3 aromatic carbocycles. The maximum absolute atomic E-state index is 13.4. The van der Waals surface area contributed by atoms with E-state index >= 15 is 0 Å². The SMILES string of the molecule is COc1ccc(-c2nnc(NC(=O)CN(c3ccc(C)c(Cl)c3)S(=O)(=O)c3ccccc3)s2)cc1. The minimum atomic E-state index is -4.05. The van der Waals surface area contributed by atoms with Crippen LogP contribution >= 0.6 is 22.9 Å². The molecule has 0 unspecified atom stereocenters. The first-order chi connectivity index (χ1) is 16.8. The van der Waals surface area contributed by atoms with Gasteiger partial charge in [-0.05, 0) is 61.0 Å². The van der Waals surface area contributed by atoms with Crippen LogP contribution in [0.2, 0.25) is 5.02 Å². The summed E-state index contributed by atoms with van der Waals surface area (Å²) in [5, 5.41) is 12.0. The van der Waals surface area contributed by atoms with Crippen molar-refractivity contribution in [2.24, 2.45) is 0 Å². The summed E-state index contributed by atoms with van der Waals surface area (Å²) in [6.45, 7) is 1.33. The molecule has 0 bridgehead atoms. The Balaban J connectivity index is 1.58. The highest BCUT2D eigenvalue weighted by atomic mass is 35.5. The van der Waals surface area contributed by atoms with Crippen LogP contribution in [0.5, 0.6) is 5.75 Å². The lowest BCUT2D eigenvalue weighted by molar-refractivity contribution is -0.114. The summed E-state index contributed by atoms with van der Waals surface area (Å²) in [4.78, 5) is 13.0. The molecule has 1 heterocycles. The standard InChI is InChI=1S/C24H21ClN4O4S2/c1-16-8-11-18(14-21(16)25)29(35(31,32)20-6-4-3-5-7-20)15-22(30)26-24-28-27-23(34-24)17-9-12-19(33-2)13-10-17/h3-14H,15H2,1-2H3,(H,26,28,30). The Morgan fingerprint density at radius 3 is 2.43 bits per heavy atom. The van der Waals surface area contributed by atoms with Gasteiger partial charge in [-0.15, -0.1) is 10.2 Å². The number of methoxy groups -OCH3 is 1.